The minimum atomic E-state index is 0.219. The second kappa shape index (κ2) is 7.23. The molecule has 1 aliphatic heterocycles. The average Bonchev–Trinajstić information content (AvgIpc) is 3.02. The molecule has 0 saturated carbocycles. The van der Waals surface area contributed by atoms with E-state index in [1.165, 1.54) is 4.88 Å². The van der Waals surface area contributed by atoms with E-state index in [2.05, 4.69) is 48.1 Å². The Morgan fingerprint density at radius 1 is 1.25 bits per heavy atom. The lowest BCUT2D eigenvalue weighted by Gasteiger charge is -2.38. The van der Waals surface area contributed by atoms with Crippen molar-refractivity contribution in [3.05, 3.63) is 22.4 Å². The molecule has 1 amide bonds. The van der Waals surface area contributed by atoms with Crippen molar-refractivity contribution in [1.82, 2.24) is 9.80 Å². The Balaban J connectivity index is 1.87. The van der Waals surface area contributed by atoms with Gasteiger partial charge in [-0.15, -0.1) is 11.3 Å². The third-order valence-corrected chi connectivity index (χ3v) is 5.51. The first-order valence-electron chi connectivity index (χ1n) is 7.73. The van der Waals surface area contributed by atoms with E-state index in [4.69, 9.17) is 0 Å². The fourth-order valence-electron chi connectivity index (χ4n) is 2.93. The zero-order chi connectivity index (χ0) is 14.5. The van der Waals surface area contributed by atoms with Gasteiger partial charge in [-0.1, -0.05) is 19.9 Å². The van der Waals surface area contributed by atoms with Gasteiger partial charge in [0.05, 0.1) is 0 Å². The molecule has 1 saturated heterocycles. The number of carbonyl (C=O) groups excluding carboxylic acids is 1. The van der Waals surface area contributed by atoms with Gasteiger partial charge in [-0.2, -0.15) is 0 Å². The largest absolute Gasteiger partial charge is 0.340 e. The third-order valence-electron chi connectivity index (χ3n) is 4.46. The Hall–Kier alpha value is -0.870. The van der Waals surface area contributed by atoms with E-state index >= 15 is 0 Å². The molecule has 1 unspecified atom stereocenters. The van der Waals surface area contributed by atoms with Crippen molar-refractivity contribution < 1.29 is 4.79 Å². The lowest BCUT2D eigenvalue weighted by molar-refractivity contribution is -0.137. The summed E-state index contributed by atoms with van der Waals surface area (Å²) in [6.45, 7) is 10.2. The highest BCUT2D eigenvalue weighted by atomic mass is 32.1. The summed E-state index contributed by atoms with van der Waals surface area (Å²) in [5, 5.41) is 2.14. The summed E-state index contributed by atoms with van der Waals surface area (Å²) in [6.07, 6.45) is 1.92. The summed E-state index contributed by atoms with van der Waals surface area (Å²) in [6, 6.07) is 4.79. The zero-order valence-corrected chi connectivity index (χ0v) is 13.7. The van der Waals surface area contributed by atoms with Crippen molar-refractivity contribution >= 4 is 17.2 Å². The molecule has 1 aromatic rings. The number of amides is 1. The van der Waals surface area contributed by atoms with Gasteiger partial charge in [0.2, 0.25) is 5.91 Å². The molecule has 3 nitrogen and oxygen atoms in total. The topological polar surface area (TPSA) is 23.6 Å². The van der Waals surface area contributed by atoms with Crippen LogP contribution < -0.4 is 0 Å². The van der Waals surface area contributed by atoms with Gasteiger partial charge < -0.3 is 4.90 Å². The fourth-order valence-corrected chi connectivity index (χ4v) is 3.75. The fraction of sp³-hybridized carbons (Fsp3) is 0.688. The monoisotopic (exact) mass is 294 g/mol. The summed E-state index contributed by atoms with van der Waals surface area (Å²) in [7, 11) is 0. The first-order chi connectivity index (χ1) is 9.67. The number of hydrogen-bond donors (Lipinski definition) is 0. The number of rotatable bonds is 5. The molecule has 0 spiro atoms. The minimum absolute atomic E-state index is 0.219. The number of nitrogens with zero attached hydrogens (tertiary/aromatic N) is 2. The number of piperazine rings is 1. The highest BCUT2D eigenvalue weighted by Crippen LogP contribution is 2.26. The van der Waals surface area contributed by atoms with E-state index in [-0.39, 0.29) is 5.92 Å². The molecule has 2 rings (SSSR count). The first-order valence-corrected chi connectivity index (χ1v) is 8.61. The van der Waals surface area contributed by atoms with Gasteiger partial charge in [0.1, 0.15) is 0 Å². The third kappa shape index (κ3) is 3.41. The normalized spacial score (nSPS) is 18.5. The van der Waals surface area contributed by atoms with Crippen LogP contribution >= 0.6 is 11.3 Å². The van der Waals surface area contributed by atoms with Crippen LogP contribution in [0.15, 0.2) is 17.5 Å². The predicted molar refractivity (Wildman–Crippen MR) is 85.0 cm³/mol. The Bertz CT molecular complexity index is 406. The summed E-state index contributed by atoms with van der Waals surface area (Å²) in [5.74, 6) is 0.578. The van der Waals surface area contributed by atoms with Crippen LogP contribution in [0.4, 0.5) is 0 Å². The van der Waals surface area contributed by atoms with Crippen LogP contribution in [0.1, 0.15) is 44.5 Å². The van der Waals surface area contributed by atoms with Crippen LogP contribution in [-0.2, 0) is 4.79 Å². The molecule has 1 fully saturated rings. The van der Waals surface area contributed by atoms with Gasteiger partial charge in [0, 0.05) is 43.0 Å². The van der Waals surface area contributed by atoms with Gasteiger partial charge in [-0.3, -0.25) is 9.69 Å². The van der Waals surface area contributed by atoms with Gasteiger partial charge >= 0.3 is 0 Å². The van der Waals surface area contributed by atoms with E-state index in [9.17, 15) is 4.79 Å². The molecule has 0 aromatic carbocycles. The Kier molecular flexibility index (Phi) is 5.61. The quantitative estimate of drug-likeness (QED) is 0.831. The summed E-state index contributed by atoms with van der Waals surface area (Å²) in [4.78, 5) is 18.3. The van der Waals surface area contributed by atoms with Crippen molar-refractivity contribution in [3.8, 4) is 0 Å². The van der Waals surface area contributed by atoms with Crippen molar-refractivity contribution in [2.24, 2.45) is 5.92 Å². The molecule has 0 radical (unpaired) electrons. The minimum Gasteiger partial charge on any atom is -0.340 e. The van der Waals surface area contributed by atoms with Crippen LogP contribution in [0, 0.1) is 5.92 Å². The maximum atomic E-state index is 12.4. The van der Waals surface area contributed by atoms with E-state index in [1.54, 1.807) is 0 Å². The SMILES string of the molecule is CCC(CC)C(=O)N1CCN(C(C)c2cccs2)CC1. The Morgan fingerprint density at radius 2 is 1.90 bits per heavy atom. The molecule has 112 valence electrons. The highest BCUT2D eigenvalue weighted by Gasteiger charge is 2.27. The molecule has 0 N–H and O–H groups in total. The van der Waals surface area contributed by atoms with E-state index < -0.39 is 0 Å². The van der Waals surface area contributed by atoms with Gasteiger partial charge in [0.25, 0.3) is 0 Å². The lowest BCUT2D eigenvalue weighted by Crippen LogP contribution is -2.50. The predicted octanol–water partition coefficient (Wildman–Crippen LogP) is 3.39. The molecule has 20 heavy (non-hydrogen) atoms. The molecule has 0 bridgehead atoms. The van der Waals surface area contributed by atoms with Crippen molar-refractivity contribution in [2.45, 2.75) is 39.7 Å². The number of hydrogen-bond acceptors (Lipinski definition) is 3. The smallest absolute Gasteiger partial charge is 0.225 e. The molecule has 0 aliphatic carbocycles. The zero-order valence-electron chi connectivity index (χ0n) is 12.8. The number of thiophene rings is 1. The number of carbonyl (C=O) groups is 1. The van der Waals surface area contributed by atoms with Gasteiger partial charge in [-0.05, 0) is 31.2 Å². The van der Waals surface area contributed by atoms with Crippen LogP contribution in [0.2, 0.25) is 0 Å². The van der Waals surface area contributed by atoms with E-state index in [0.717, 1.165) is 39.0 Å². The molecule has 2 heterocycles. The molecule has 1 aliphatic rings. The lowest BCUT2D eigenvalue weighted by atomic mass is 10.0. The summed E-state index contributed by atoms with van der Waals surface area (Å²) in [5.41, 5.74) is 0. The van der Waals surface area contributed by atoms with Gasteiger partial charge in [0.15, 0.2) is 0 Å². The Labute approximate surface area is 126 Å². The molecular formula is C16H26N2OS. The summed E-state index contributed by atoms with van der Waals surface area (Å²) < 4.78 is 0. The maximum Gasteiger partial charge on any atom is 0.225 e. The molecule has 4 heteroatoms. The first kappa shape index (κ1) is 15.5. The van der Waals surface area contributed by atoms with E-state index in [0.29, 0.717) is 11.9 Å². The molecular weight excluding hydrogens is 268 g/mol. The van der Waals surface area contributed by atoms with Crippen LogP contribution in [0.25, 0.3) is 0 Å². The molecule has 1 atom stereocenters. The second-order valence-corrected chi connectivity index (χ2v) is 6.55. The summed E-state index contributed by atoms with van der Waals surface area (Å²) >= 11 is 1.82. The average molecular weight is 294 g/mol. The van der Waals surface area contributed by atoms with Crippen LogP contribution in [0.5, 0.6) is 0 Å². The maximum absolute atomic E-state index is 12.4. The van der Waals surface area contributed by atoms with Gasteiger partial charge in [-0.25, -0.2) is 0 Å². The Morgan fingerprint density at radius 3 is 2.40 bits per heavy atom. The van der Waals surface area contributed by atoms with Crippen LogP contribution in [0.3, 0.4) is 0 Å². The van der Waals surface area contributed by atoms with Crippen molar-refractivity contribution in [2.75, 3.05) is 26.2 Å². The molecule has 1 aromatic heterocycles. The van der Waals surface area contributed by atoms with E-state index in [1.807, 2.05) is 11.3 Å². The highest BCUT2D eigenvalue weighted by molar-refractivity contribution is 7.10. The standard InChI is InChI=1S/C16H26N2OS/c1-4-14(5-2)16(19)18-10-8-17(9-11-18)13(3)15-7-6-12-20-15/h6-7,12-14H,4-5,8-11H2,1-3H3. The van der Waals surface area contributed by atoms with Crippen LogP contribution in [-0.4, -0.2) is 41.9 Å². The van der Waals surface area contributed by atoms with Crippen molar-refractivity contribution in [1.29, 1.82) is 0 Å². The second-order valence-electron chi connectivity index (χ2n) is 5.57. The van der Waals surface area contributed by atoms with Crippen molar-refractivity contribution in [3.63, 3.8) is 0 Å².